The highest BCUT2D eigenvalue weighted by atomic mass is 16.6. The molecule has 0 aromatic heterocycles. The molecule has 154 valence electrons. The Bertz CT molecular complexity index is 850. The molecule has 1 fully saturated rings. The van der Waals surface area contributed by atoms with Gasteiger partial charge in [-0.2, -0.15) is 0 Å². The monoisotopic (exact) mass is 398 g/mol. The zero-order valence-electron chi connectivity index (χ0n) is 16.5. The lowest BCUT2D eigenvalue weighted by Crippen LogP contribution is -2.47. The number of carbonyl (C=O) groups excluding carboxylic acids is 1. The van der Waals surface area contributed by atoms with Crippen molar-refractivity contribution >= 4 is 17.3 Å². The number of anilines is 1. The highest BCUT2D eigenvalue weighted by Gasteiger charge is 2.20. The quantitative estimate of drug-likeness (QED) is 0.418. The Morgan fingerprint density at radius 1 is 1.10 bits per heavy atom. The van der Waals surface area contributed by atoms with Gasteiger partial charge in [-0.1, -0.05) is 24.3 Å². The first kappa shape index (κ1) is 20.6. The molecular weight excluding hydrogens is 372 g/mol. The van der Waals surface area contributed by atoms with Crippen LogP contribution in [0.25, 0.3) is 0 Å². The molecule has 29 heavy (non-hydrogen) atoms. The molecule has 3 rings (SSSR count). The summed E-state index contributed by atoms with van der Waals surface area (Å²) in [6.45, 7) is 5.08. The number of methoxy groups -OCH3 is 1. The van der Waals surface area contributed by atoms with E-state index in [2.05, 4.69) is 21.2 Å². The number of nitrogens with one attached hydrogen (secondary N) is 1. The summed E-state index contributed by atoms with van der Waals surface area (Å²) in [5.74, 6) is 0.483. The molecule has 2 aromatic carbocycles. The lowest BCUT2D eigenvalue weighted by Gasteiger charge is -2.36. The second-order valence-corrected chi connectivity index (χ2v) is 6.88. The van der Waals surface area contributed by atoms with Gasteiger partial charge >= 0.3 is 0 Å². The van der Waals surface area contributed by atoms with Crippen LogP contribution in [0.15, 0.2) is 48.5 Å². The van der Waals surface area contributed by atoms with E-state index in [-0.39, 0.29) is 11.3 Å². The molecule has 0 atom stereocenters. The van der Waals surface area contributed by atoms with Gasteiger partial charge in [0.1, 0.15) is 11.3 Å². The maximum absolute atomic E-state index is 12.2. The minimum Gasteiger partial charge on any atom is -0.495 e. The zero-order valence-corrected chi connectivity index (χ0v) is 16.5. The standard InChI is InChI=1S/C21H26N4O4/c1-29-20-10-5-4-9-19(20)24-15-13-23(14-16-24)12-6-11-22-21(26)17-7-2-3-8-18(17)25(27)28/h2-5,7-10H,6,11-16H2,1H3,(H,22,26). The lowest BCUT2D eigenvalue weighted by molar-refractivity contribution is -0.385. The predicted octanol–water partition coefficient (Wildman–Crippen LogP) is 2.55. The second kappa shape index (κ2) is 9.88. The number of ether oxygens (including phenoxy) is 1. The number of hydrogen-bond acceptors (Lipinski definition) is 6. The van der Waals surface area contributed by atoms with Crippen molar-refractivity contribution in [2.75, 3.05) is 51.3 Å². The molecule has 8 heteroatoms. The average molecular weight is 398 g/mol. The SMILES string of the molecule is COc1ccccc1N1CCN(CCCNC(=O)c2ccccc2[N+](=O)[O-])CC1. The van der Waals surface area contributed by atoms with Gasteiger partial charge in [0, 0.05) is 38.8 Å². The fourth-order valence-corrected chi connectivity index (χ4v) is 3.53. The van der Waals surface area contributed by atoms with Crippen LogP contribution in [-0.4, -0.2) is 62.1 Å². The summed E-state index contributed by atoms with van der Waals surface area (Å²) < 4.78 is 5.45. The fourth-order valence-electron chi connectivity index (χ4n) is 3.53. The van der Waals surface area contributed by atoms with Crippen LogP contribution >= 0.6 is 0 Å². The Labute approximate surface area is 170 Å². The van der Waals surface area contributed by atoms with E-state index in [0.29, 0.717) is 6.54 Å². The summed E-state index contributed by atoms with van der Waals surface area (Å²) in [4.78, 5) is 27.4. The first-order valence-electron chi connectivity index (χ1n) is 9.72. The average Bonchev–Trinajstić information content (AvgIpc) is 2.77. The Morgan fingerprint density at radius 3 is 2.52 bits per heavy atom. The summed E-state index contributed by atoms with van der Waals surface area (Å²) in [6, 6.07) is 14.0. The number of nitro benzene ring substituents is 1. The lowest BCUT2D eigenvalue weighted by atomic mass is 10.1. The molecule has 0 unspecified atom stereocenters. The van der Waals surface area contributed by atoms with Crippen molar-refractivity contribution < 1.29 is 14.5 Å². The molecule has 0 bridgehead atoms. The van der Waals surface area contributed by atoms with Gasteiger partial charge in [0.25, 0.3) is 11.6 Å². The van der Waals surface area contributed by atoms with Crippen LogP contribution in [0.5, 0.6) is 5.75 Å². The van der Waals surface area contributed by atoms with E-state index < -0.39 is 10.8 Å². The number of piperazine rings is 1. The topological polar surface area (TPSA) is 88.0 Å². The minimum atomic E-state index is -0.532. The predicted molar refractivity (Wildman–Crippen MR) is 112 cm³/mol. The van der Waals surface area contributed by atoms with E-state index in [0.717, 1.165) is 50.6 Å². The van der Waals surface area contributed by atoms with Crippen molar-refractivity contribution in [1.82, 2.24) is 10.2 Å². The van der Waals surface area contributed by atoms with E-state index in [1.54, 1.807) is 19.2 Å². The summed E-state index contributed by atoms with van der Waals surface area (Å²) in [5, 5.41) is 13.8. The number of hydrogen-bond donors (Lipinski definition) is 1. The van der Waals surface area contributed by atoms with Crippen LogP contribution in [0.3, 0.4) is 0 Å². The van der Waals surface area contributed by atoms with Crippen molar-refractivity contribution in [3.8, 4) is 5.75 Å². The number of nitrogens with zero attached hydrogens (tertiary/aromatic N) is 3. The van der Waals surface area contributed by atoms with Crippen LogP contribution in [0.2, 0.25) is 0 Å². The summed E-state index contributed by atoms with van der Waals surface area (Å²) in [7, 11) is 1.69. The fraction of sp³-hybridized carbons (Fsp3) is 0.381. The number of nitro groups is 1. The Morgan fingerprint density at radius 2 is 1.79 bits per heavy atom. The third-order valence-electron chi connectivity index (χ3n) is 5.08. The molecule has 1 amide bonds. The van der Waals surface area contributed by atoms with Gasteiger partial charge in [0.2, 0.25) is 0 Å². The van der Waals surface area contributed by atoms with Gasteiger partial charge < -0.3 is 15.0 Å². The van der Waals surface area contributed by atoms with Crippen molar-refractivity contribution in [1.29, 1.82) is 0 Å². The van der Waals surface area contributed by atoms with Crippen molar-refractivity contribution in [2.45, 2.75) is 6.42 Å². The molecular formula is C21H26N4O4. The van der Waals surface area contributed by atoms with E-state index in [1.807, 2.05) is 18.2 Å². The zero-order chi connectivity index (χ0) is 20.6. The highest BCUT2D eigenvalue weighted by Crippen LogP contribution is 2.28. The van der Waals surface area contributed by atoms with Crippen LogP contribution < -0.4 is 15.0 Å². The molecule has 1 aliphatic heterocycles. The van der Waals surface area contributed by atoms with Crippen LogP contribution in [-0.2, 0) is 0 Å². The van der Waals surface area contributed by atoms with Gasteiger partial charge in [-0.15, -0.1) is 0 Å². The first-order chi connectivity index (χ1) is 14.1. The highest BCUT2D eigenvalue weighted by molar-refractivity contribution is 5.98. The number of para-hydroxylation sites is 3. The molecule has 0 aliphatic carbocycles. The van der Waals surface area contributed by atoms with Crippen molar-refractivity contribution in [3.05, 3.63) is 64.2 Å². The first-order valence-corrected chi connectivity index (χ1v) is 9.72. The van der Waals surface area contributed by atoms with E-state index in [1.165, 1.54) is 12.1 Å². The maximum Gasteiger partial charge on any atom is 0.282 e. The molecule has 1 N–H and O–H groups in total. The summed E-state index contributed by atoms with van der Waals surface area (Å²) in [5.41, 5.74) is 1.05. The van der Waals surface area contributed by atoms with E-state index in [9.17, 15) is 14.9 Å². The Kier molecular flexibility index (Phi) is 7.02. The van der Waals surface area contributed by atoms with Gasteiger partial charge in [0.15, 0.2) is 0 Å². The van der Waals surface area contributed by atoms with Crippen LogP contribution in [0.4, 0.5) is 11.4 Å². The smallest absolute Gasteiger partial charge is 0.282 e. The molecule has 1 heterocycles. The normalized spacial score (nSPS) is 14.4. The third kappa shape index (κ3) is 5.23. The van der Waals surface area contributed by atoms with E-state index in [4.69, 9.17) is 4.74 Å². The molecule has 0 saturated carbocycles. The minimum absolute atomic E-state index is 0.0999. The molecule has 0 spiro atoms. The summed E-state index contributed by atoms with van der Waals surface area (Å²) >= 11 is 0. The Balaban J connectivity index is 1.41. The largest absolute Gasteiger partial charge is 0.495 e. The summed E-state index contributed by atoms with van der Waals surface area (Å²) in [6.07, 6.45) is 0.793. The second-order valence-electron chi connectivity index (χ2n) is 6.88. The molecule has 1 aliphatic rings. The van der Waals surface area contributed by atoms with Gasteiger partial charge in [-0.25, -0.2) is 0 Å². The van der Waals surface area contributed by atoms with Crippen LogP contribution in [0, 0.1) is 10.1 Å². The molecule has 0 radical (unpaired) electrons. The third-order valence-corrected chi connectivity index (χ3v) is 5.08. The Hall–Kier alpha value is -3.13. The molecule has 1 saturated heterocycles. The van der Waals surface area contributed by atoms with Gasteiger partial charge in [-0.05, 0) is 31.2 Å². The van der Waals surface area contributed by atoms with Crippen molar-refractivity contribution in [3.63, 3.8) is 0 Å². The van der Waals surface area contributed by atoms with E-state index >= 15 is 0 Å². The van der Waals surface area contributed by atoms with Gasteiger partial charge in [0.05, 0.1) is 17.7 Å². The molecule has 2 aromatic rings. The van der Waals surface area contributed by atoms with Crippen molar-refractivity contribution in [2.24, 2.45) is 0 Å². The molecule has 8 nitrogen and oxygen atoms in total. The number of benzene rings is 2. The van der Waals surface area contributed by atoms with Crippen LogP contribution in [0.1, 0.15) is 16.8 Å². The van der Waals surface area contributed by atoms with Gasteiger partial charge in [-0.3, -0.25) is 19.8 Å². The number of carbonyl (C=O) groups is 1. The number of amides is 1. The maximum atomic E-state index is 12.2. The number of rotatable bonds is 8.